The zero-order chi connectivity index (χ0) is 10.4. The summed E-state index contributed by atoms with van der Waals surface area (Å²) in [4.78, 5) is 0. The maximum absolute atomic E-state index is 9.73. The van der Waals surface area contributed by atoms with Gasteiger partial charge in [-0.25, -0.2) is 0 Å². The molecule has 0 amide bonds. The maximum Gasteiger partial charge on any atom is 0.0814 e. The lowest BCUT2D eigenvalue weighted by atomic mass is 9.98. The van der Waals surface area contributed by atoms with Crippen molar-refractivity contribution in [1.82, 2.24) is 0 Å². The van der Waals surface area contributed by atoms with Crippen LogP contribution in [0.5, 0.6) is 0 Å². The Morgan fingerprint density at radius 3 is 2.71 bits per heavy atom. The highest BCUT2D eigenvalue weighted by molar-refractivity contribution is 5.30. The van der Waals surface area contributed by atoms with Crippen molar-refractivity contribution in [1.29, 1.82) is 0 Å². The highest BCUT2D eigenvalue weighted by Gasteiger charge is 2.09. The summed E-state index contributed by atoms with van der Waals surface area (Å²) in [5.74, 6) is 0. The summed E-state index contributed by atoms with van der Waals surface area (Å²) in [6, 6.07) is 7.69. The molecular formula is C12H16O2. The molecule has 14 heavy (non-hydrogen) atoms. The van der Waals surface area contributed by atoms with E-state index in [0.29, 0.717) is 6.42 Å². The fraction of sp³-hybridized carbons (Fsp3) is 0.333. The zero-order valence-corrected chi connectivity index (χ0v) is 8.19. The van der Waals surface area contributed by atoms with Gasteiger partial charge in [0.2, 0.25) is 0 Å². The molecule has 2 heteroatoms. The van der Waals surface area contributed by atoms with Crippen LogP contribution in [-0.4, -0.2) is 16.8 Å². The van der Waals surface area contributed by atoms with Crippen LogP contribution < -0.4 is 0 Å². The lowest BCUT2D eigenvalue weighted by molar-refractivity contribution is 0.133. The van der Waals surface area contributed by atoms with Crippen molar-refractivity contribution in [2.45, 2.75) is 18.9 Å². The van der Waals surface area contributed by atoms with Crippen LogP contribution in [-0.2, 0) is 6.42 Å². The number of hydrogen-bond donors (Lipinski definition) is 2. The normalized spacial score (nSPS) is 12.4. The van der Waals surface area contributed by atoms with Crippen LogP contribution in [0.4, 0.5) is 0 Å². The molecule has 0 aliphatic rings. The Hall–Kier alpha value is -1.12. The fourth-order valence-electron chi connectivity index (χ4n) is 1.48. The third-order valence-corrected chi connectivity index (χ3v) is 2.18. The second-order valence-corrected chi connectivity index (χ2v) is 3.22. The molecule has 0 saturated heterocycles. The largest absolute Gasteiger partial charge is 0.396 e. The van der Waals surface area contributed by atoms with Gasteiger partial charge in [0.25, 0.3) is 0 Å². The van der Waals surface area contributed by atoms with E-state index in [4.69, 9.17) is 5.11 Å². The molecule has 0 aliphatic heterocycles. The lowest BCUT2D eigenvalue weighted by Gasteiger charge is -2.13. The van der Waals surface area contributed by atoms with Crippen molar-refractivity contribution >= 4 is 0 Å². The average Bonchev–Trinajstić information content (AvgIpc) is 2.19. The van der Waals surface area contributed by atoms with Crippen molar-refractivity contribution in [3.8, 4) is 0 Å². The fourth-order valence-corrected chi connectivity index (χ4v) is 1.48. The van der Waals surface area contributed by atoms with Gasteiger partial charge in [-0.2, -0.15) is 0 Å². The van der Waals surface area contributed by atoms with Gasteiger partial charge in [0.1, 0.15) is 0 Å². The third kappa shape index (κ3) is 2.69. The zero-order valence-electron chi connectivity index (χ0n) is 8.19. The summed E-state index contributed by atoms with van der Waals surface area (Å²) < 4.78 is 0. The topological polar surface area (TPSA) is 40.5 Å². The van der Waals surface area contributed by atoms with Crippen LogP contribution in [0.3, 0.4) is 0 Å². The van der Waals surface area contributed by atoms with Gasteiger partial charge in [0.05, 0.1) is 6.10 Å². The number of aliphatic hydroxyl groups excluding tert-OH is 2. The van der Waals surface area contributed by atoms with Crippen LogP contribution in [0.15, 0.2) is 36.9 Å². The van der Waals surface area contributed by atoms with Crippen LogP contribution >= 0.6 is 0 Å². The van der Waals surface area contributed by atoms with E-state index >= 15 is 0 Å². The second kappa shape index (κ2) is 5.58. The summed E-state index contributed by atoms with van der Waals surface area (Å²) in [7, 11) is 0. The van der Waals surface area contributed by atoms with E-state index in [0.717, 1.165) is 17.5 Å². The number of allylic oxidation sites excluding steroid dienone is 1. The van der Waals surface area contributed by atoms with E-state index in [1.807, 2.05) is 30.3 Å². The van der Waals surface area contributed by atoms with Crippen LogP contribution in [0, 0.1) is 0 Å². The average molecular weight is 192 g/mol. The molecule has 0 spiro atoms. The summed E-state index contributed by atoms with van der Waals surface area (Å²) >= 11 is 0. The Balaban J connectivity index is 2.87. The molecule has 1 unspecified atom stereocenters. The Kier molecular flexibility index (Phi) is 4.36. The SMILES string of the molecule is C=CCc1ccccc1C(O)CCO. The molecule has 1 rings (SSSR count). The quantitative estimate of drug-likeness (QED) is 0.699. The molecule has 76 valence electrons. The first-order valence-electron chi connectivity index (χ1n) is 4.77. The van der Waals surface area contributed by atoms with Crippen molar-refractivity contribution in [3.05, 3.63) is 48.0 Å². The molecule has 0 aromatic heterocycles. The summed E-state index contributed by atoms with van der Waals surface area (Å²) in [6.07, 6.45) is 2.37. The Labute approximate surface area is 84.5 Å². The Bertz CT molecular complexity index is 294. The monoisotopic (exact) mass is 192 g/mol. The van der Waals surface area contributed by atoms with E-state index in [1.165, 1.54) is 0 Å². The van der Waals surface area contributed by atoms with Gasteiger partial charge >= 0.3 is 0 Å². The third-order valence-electron chi connectivity index (χ3n) is 2.18. The van der Waals surface area contributed by atoms with E-state index in [9.17, 15) is 5.11 Å². The van der Waals surface area contributed by atoms with Crippen molar-refractivity contribution in [2.75, 3.05) is 6.61 Å². The minimum Gasteiger partial charge on any atom is -0.396 e. The highest BCUT2D eigenvalue weighted by Crippen LogP contribution is 2.21. The maximum atomic E-state index is 9.73. The van der Waals surface area contributed by atoms with Gasteiger partial charge in [0, 0.05) is 13.0 Å². The summed E-state index contributed by atoms with van der Waals surface area (Å²) in [5, 5.41) is 18.5. The van der Waals surface area contributed by atoms with Crippen molar-refractivity contribution in [2.24, 2.45) is 0 Å². The van der Waals surface area contributed by atoms with E-state index in [1.54, 1.807) is 0 Å². The first-order chi connectivity index (χ1) is 6.79. The molecule has 2 nitrogen and oxygen atoms in total. The predicted molar refractivity (Wildman–Crippen MR) is 57.0 cm³/mol. The van der Waals surface area contributed by atoms with E-state index in [-0.39, 0.29) is 6.61 Å². The Morgan fingerprint density at radius 2 is 2.07 bits per heavy atom. The molecule has 1 atom stereocenters. The number of hydrogen-bond acceptors (Lipinski definition) is 2. The smallest absolute Gasteiger partial charge is 0.0814 e. The molecule has 1 aromatic rings. The Morgan fingerprint density at radius 1 is 1.36 bits per heavy atom. The molecule has 0 fully saturated rings. The van der Waals surface area contributed by atoms with Crippen molar-refractivity contribution < 1.29 is 10.2 Å². The minimum atomic E-state index is -0.573. The lowest BCUT2D eigenvalue weighted by Crippen LogP contribution is -2.03. The van der Waals surface area contributed by atoms with Gasteiger partial charge in [-0.15, -0.1) is 6.58 Å². The first kappa shape index (κ1) is 11.0. The number of aliphatic hydroxyl groups is 2. The summed E-state index contributed by atoms with van der Waals surface area (Å²) in [5.41, 5.74) is 1.96. The van der Waals surface area contributed by atoms with Gasteiger partial charge < -0.3 is 10.2 Å². The van der Waals surface area contributed by atoms with Gasteiger partial charge in [-0.05, 0) is 17.5 Å². The highest BCUT2D eigenvalue weighted by atomic mass is 16.3. The van der Waals surface area contributed by atoms with Crippen LogP contribution in [0.2, 0.25) is 0 Å². The van der Waals surface area contributed by atoms with Gasteiger partial charge in [-0.3, -0.25) is 0 Å². The number of rotatable bonds is 5. The van der Waals surface area contributed by atoms with E-state index < -0.39 is 6.10 Å². The minimum absolute atomic E-state index is 0.00356. The summed E-state index contributed by atoms with van der Waals surface area (Å²) in [6.45, 7) is 3.67. The standard InChI is InChI=1S/C12H16O2/c1-2-5-10-6-3-4-7-11(10)12(14)8-9-13/h2-4,6-7,12-14H,1,5,8-9H2. The molecule has 0 heterocycles. The molecule has 0 bridgehead atoms. The number of benzene rings is 1. The molecule has 1 aromatic carbocycles. The first-order valence-corrected chi connectivity index (χ1v) is 4.77. The van der Waals surface area contributed by atoms with Gasteiger partial charge in [0.15, 0.2) is 0 Å². The predicted octanol–water partition coefficient (Wildman–Crippen LogP) is 1.83. The van der Waals surface area contributed by atoms with Crippen LogP contribution in [0.25, 0.3) is 0 Å². The van der Waals surface area contributed by atoms with Crippen molar-refractivity contribution in [3.63, 3.8) is 0 Å². The van der Waals surface area contributed by atoms with Gasteiger partial charge in [-0.1, -0.05) is 30.3 Å². The molecular weight excluding hydrogens is 176 g/mol. The molecule has 2 N–H and O–H groups in total. The van der Waals surface area contributed by atoms with E-state index in [2.05, 4.69) is 6.58 Å². The van der Waals surface area contributed by atoms with Crippen LogP contribution in [0.1, 0.15) is 23.7 Å². The second-order valence-electron chi connectivity index (χ2n) is 3.22. The molecule has 0 radical (unpaired) electrons. The molecule has 0 aliphatic carbocycles. The molecule has 0 saturated carbocycles.